The maximum atomic E-state index is 12.5. The van der Waals surface area contributed by atoms with Crippen LogP contribution in [-0.4, -0.2) is 34.3 Å². The van der Waals surface area contributed by atoms with Crippen LogP contribution in [0.1, 0.15) is 38.7 Å². The van der Waals surface area contributed by atoms with Crippen LogP contribution in [0.15, 0.2) is 30.3 Å². The fraction of sp³-hybridized carbons (Fsp3) is 0.611. The molecular weight excluding hydrogens is 278 g/mol. The fourth-order valence-corrected chi connectivity index (χ4v) is 3.83. The van der Waals surface area contributed by atoms with Crippen LogP contribution >= 0.6 is 0 Å². The molecule has 2 aliphatic rings. The number of carbonyl (C=O) groups excluding carboxylic acids is 1. The molecule has 1 N–H and O–H groups in total. The van der Waals surface area contributed by atoms with E-state index in [-0.39, 0.29) is 24.7 Å². The van der Waals surface area contributed by atoms with Gasteiger partial charge < -0.3 is 14.7 Å². The zero-order chi connectivity index (χ0) is 15.7. The van der Waals surface area contributed by atoms with Crippen LogP contribution in [0.5, 0.6) is 0 Å². The van der Waals surface area contributed by atoms with E-state index in [1.54, 1.807) is 4.90 Å². The molecular formula is C18H25NO3. The van der Waals surface area contributed by atoms with Crippen molar-refractivity contribution in [1.82, 2.24) is 4.90 Å². The van der Waals surface area contributed by atoms with Gasteiger partial charge in [-0.3, -0.25) is 0 Å². The Hall–Kier alpha value is -1.55. The van der Waals surface area contributed by atoms with E-state index in [4.69, 9.17) is 4.74 Å². The number of hydrogen-bond acceptors (Lipinski definition) is 3. The number of rotatable bonds is 4. The Kier molecular flexibility index (Phi) is 4.13. The van der Waals surface area contributed by atoms with Gasteiger partial charge in [-0.25, -0.2) is 4.79 Å². The summed E-state index contributed by atoms with van der Waals surface area (Å²) in [4.78, 5) is 14.2. The molecule has 22 heavy (non-hydrogen) atoms. The van der Waals surface area contributed by atoms with Gasteiger partial charge in [0.2, 0.25) is 0 Å². The van der Waals surface area contributed by atoms with Gasteiger partial charge >= 0.3 is 6.09 Å². The Bertz CT molecular complexity index is 526. The third kappa shape index (κ3) is 2.84. The zero-order valence-corrected chi connectivity index (χ0v) is 13.4. The van der Waals surface area contributed by atoms with Gasteiger partial charge in [-0.1, -0.05) is 44.2 Å². The van der Waals surface area contributed by atoms with Gasteiger partial charge in [-0.2, -0.15) is 0 Å². The topological polar surface area (TPSA) is 49.8 Å². The van der Waals surface area contributed by atoms with Gasteiger partial charge in [0.25, 0.3) is 0 Å². The first-order valence-electron chi connectivity index (χ1n) is 8.22. The third-order valence-electron chi connectivity index (χ3n) is 4.96. The minimum atomic E-state index is -0.722. The van der Waals surface area contributed by atoms with Crippen LogP contribution in [0.2, 0.25) is 0 Å². The number of carbonyl (C=O) groups is 1. The normalized spacial score (nSPS) is 28.2. The van der Waals surface area contributed by atoms with Crippen molar-refractivity contribution in [3.8, 4) is 0 Å². The SMILES string of the molecule is CC(C)[C@@H]1N(C(=O)OCc2ccccc2)CC[C@@]1(O)C1CC1. The summed E-state index contributed by atoms with van der Waals surface area (Å²) < 4.78 is 5.46. The molecule has 0 bridgehead atoms. The number of amides is 1. The summed E-state index contributed by atoms with van der Waals surface area (Å²) in [6, 6.07) is 9.55. The second kappa shape index (κ2) is 5.92. The third-order valence-corrected chi connectivity index (χ3v) is 4.96. The molecule has 4 nitrogen and oxygen atoms in total. The van der Waals surface area contributed by atoms with Crippen molar-refractivity contribution in [3.05, 3.63) is 35.9 Å². The Labute approximate surface area is 132 Å². The Morgan fingerprint density at radius 2 is 2.05 bits per heavy atom. The molecule has 1 heterocycles. The lowest BCUT2D eigenvalue weighted by molar-refractivity contribution is -0.0332. The van der Waals surface area contributed by atoms with Crippen LogP contribution in [0.3, 0.4) is 0 Å². The highest BCUT2D eigenvalue weighted by Gasteiger charge is 2.57. The van der Waals surface area contributed by atoms with Gasteiger partial charge in [-0.05, 0) is 36.7 Å². The van der Waals surface area contributed by atoms with Gasteiger partial charge in [0.1, 0.15) is 6.61 Å². The van der Waals surface area contributed by atoms with Crippen LogP contribution in [-0.2, 0) is 11.3 Å². The Balaban J connectivity index is 1.66. The van der Waals surface area contributed by atoms with Crippen molar-refractivity contribution in [1.29, 1.82) is 0 Å². The van der Waals surface area contributed by atoms with Crippen LogP contribution in [0.4, 0.5) is 4.79 Å². The smallest absolute Gasteiger partial charge is 0.410 e. The van der Waals surface area contributed by atoms with Gasteiger partial charge in [0, 0.05) is 6.54 Å². The predicted octanol–water partition coefficient (Wildman–Crippen LogP) is 3.19. The van der Waals surface area contributed by atoms with E-state index in [1.807, 2.05) is 30.3 Å². The van der Waals surface area contributed by atoms with E-state index >= 15 is 0 Å². The lowest BCUT2D eigenvalue weighted by atomic mass is 9.83. The Morgan fingerprint density at radius 1 is 1.36 bits per heavy atom. The number of likely N-dealkylation sites (tertiary alicyclic amines) is 1. The fourth-order valence-electron chi connectivity index (χ4n) is 3.83. The molecule has 1 aliphatic heterocycles. The molecule has 2 fully saturated rings. The second-order valence-electron chi connectivity index (χ2n) is 6.94. The van der Waals surface area contributed by atoms with Crippen LogP contribution in [0.25, 0.3) is 0 Å². The molecule has 2 atom stereocenters. The first-order valence-corrected chi connectivity index (χ1v) is 8.22. The highest BCUT2D eigenvalue weighted by atomic mass is 16.6. The Morgan fingerprint density at radius 3 is 2.64 bits per heavy atom. The molecule has 1 saturated heterocycles. The lowest BCUT2D eigenvalue weighted by Crippen LogP contribution is -2.51. The molecule has 1 saturated carbocycles. The highest BCUT2D eigenvalue weighted by Crippen LogP contribution is 2.49. The first kappa shape index (κ1) is 15.3. The minimum Gasteiger partial charge on any atom is -0.445 e. The number of benzene rings is 1. The number of ether oxygens (including phenoxy) is 1. The average molecular weight is 303 g/mol. The summed E-state index contributed by atoms with van der Waals surface area (Å²) in [6.07, 6.45) is 2.51. The van der Waals surface area contributed by atoms with E-state index < -0.39 is 5.60 Å². The summed E-state index contributed by atoms with van der Waals surface area (Å²) in [5, 5.41) is 11.0. The van der Waals surface area contributed by atoms with Crippen molar-refractivity contribution in [3.63, 3.8) is 0 Å². The van der Waals surface area contributed by atoms with Crippen molar-refractivity contribution < 1.29 is 14.6 Å². The van der Waals surface area contributed by atoms with Crippen molar-refractivity contribution in [2.45, 2.75) is 51.4 Å². The van der Waals surface area contributed by atoms with Gasteiger partial charge in [0.15, 0.2) is 0 Å². The zero-order valence-electron chi connectivity index (χ0n) is 13.4. The standard InChI is InChI=1S/C18H25NO3/c1-13(2)16-18(21,15-8-9-15)10-11-19(16)17(20)22-12-14-6-4-3-5-7-14/h3-7,13,15-16,21H,8-12H2,1-2H3/t16-,18+/m0/s1. The van der Waals surface area contributed by atoms with Crippen molar-refractivity contribution in [2.24, 2.45) is 11.8 Å². The molecule has 0 radical (unpaired) electrons. The first-order chi connectivity index (χ1) is 10.5. The van der Waals surface area contributed by atoms with E-state index in [2.05, 4.69) is 13.8 Å². The highest BCUT2D eigenvalue weighted by molar-refractivity contribution is 5.69. The second-order valence-corrected chi connectivity index (χ2v) is 6.94. The largest absolute Gasteiger partial charge is 0.445 e. The van der Waals surface area contributed by atoms with Crippen LogP contribution in [0, 0.1) is 11.8 Å². The molecule has 0 aromatic heterocycles. The van der Waals surface area contributed by atoms with Crippen LogP contribution < -0.4 is 0 Å². The molecule has 4 heteroatoms. The molecule has 1 amide bonds. The predicted molar refractivity (Wildman–Crippen MR) is 84.2 cm³/mol. The summed E-state index contributed by atoms with van der Waals surface area (Å²) in [6.45, 7) is 5.01. The molecule has 120 valence electrons. The quantitative estimate of drug-likeness (QED) is 0.929. The summed E-state index contributed by atoms with van der Waals surface area (Å²) in [5.74, 6) is 0.573. The summed E-state index contributed by atoms with van der Waals surface area (Å²) in [7, 11) is 0. The monoisotopic (exact) mass is 303 g/mol. The molecule has 3 rings (SSSR count). The van der Waals surface area contributed by atoms with E-state index in [0.717, 1.165) is 18.4 Å². The van der Waals surface area contributed by atoms with E-state index in [0.29, 0.717) is 18.9 Å². The maximum Gasteiger partial charge on any atom is 0.410 e. The van der Waals surface area contributed by atoms with Gasteiger partial charge in [-0.15, -0.1) is 0 Å². The van der Waals surface area contributed by atoms with Crippen molar-refractivity contribution >= 4 is 6.09 Å². The molecule has 0 spiro atoms. The molecule has 1 aromatic carbocycles. The summed E-state index contributed by atoms with van der Waals surface area (Å²) >= 11 is 0. The average Bonchev–Trinajstić information content (AvgIpc) is 3.30. The molecule has 0 unspecified atom stereocenters. The number of nitrogens with zero attached hydrogens (tertiary/aromatic N) is 1. The summed E-state index contributed by atoms with van der Waals surface area (Å²) in [5.41, 5.74) is 0.258. The number of aliphatic hydroxyl groups is 1. The lowest BCUT2D eigenvalue weighted by Gasteiger charge is -2.36. The maximum absolute atomic E-state index is 12.5. The van der Waals surface area contributed by atoms with E-state index in [9.17, 15) is 9.90 Å². The van der Waals surface area contributed by atoms with E-state index in [1.165, 1.54) is 0 Å². The number of hydrogen-bond donors (Lipinski definition) is 1. The van der Waals surface area contributed by atoms with Gasteiger partial charge in [0.05, 0.1) is 11.6 Å². The molecule has 1 aliphatic carbocycles. The van der Waals surface area contributed by atoms with Crippen molar-refractivity contribution in [2.75, 3.05) is 6.54 Å². The molecule has 1 aromatic rings. The minimum absolute atomic E-state index is 0.136.